The van der Waals surface area contributed by atoms with Gasteiger partial charge >= 0.3 is 0 Å². The van der Waals surface area contributed by atoms with Crippen LogP contribution in [0.25, 0.3) is 0 Å². The SMILES string of the molecule is COc1ccc(C(=O)CCC(=O)c2ccc(OC)c(Br)n2)cc1OC.COc1ccc(C(=O)CCC(=O)c2ccc(OC)c(C)n2)cc1OC.COc1ccc(I)nc1Br. The fraction of sp³-hybridized carbons (Fsp3) is 0.279. The molecule has 0 fully saturated rings. The van der Waals surface area contributed by atoms with Gasteiger partial charge in [0.05, 0.1) is 55.5 Å². The Bertz CT molecular complexity index is 2160. The van der Waals surface area contributed by atoms with E-state index in [1.807, 2.05) is 12.1 Å². The van der Waals surface area contributed by atoms with E-state index in [0.29, 0.717) is 61.6 Å². The molecule has 5 rings (SSSR count). The summed E-state index contributed by atoms with van der Waals surface area (Å²) in [6.45, 7) is 1.77. The van der Waals surface area contributed by atoms with E-state index in [1.165, 1.54) is 35.5 Å². The number of hydrogen-bond acceptors (Lipinski definition) is 14. The maximum absolute atomic E-state index is 12.3. The molecule has 0 N–H and O–H groups in total. The molecular formula is C43H44Br2IN3O11. The van der Waals surface area contributed by atoms with Crippen LogP contribution in [0.3, 0.4) is 0 Å². The first kappa shape index (κ1) is 49.2. The van der Waals surface area contributed by atoms with Gasteiger partial charge in [-0.25, -0.2) is 15.0 Å². The number of aromatic nitrogens is 3. The van der Waals surface area contributed by atoms with E-state index in [2.05, 4.69) is 69.4 Å². The number of pyridine rings is 3. The molecule has 0 bridgehead atoms. The average molecular weight is 1070 g/mol. The monoisotopic (exact) mass is 1060 g/mol. The Morgan fingerprint density at radius 2 is 0.800 bits per heavy atom. The fourth-order valence-corrected chi connectivity index (χ4v) is 6.94. The zero-order chi connectivity index (χ0) is 44.4. The standard InChI is InChI=1S/C19H21NO5.C18H18BrNO5.C6H5BrINO/c1-12-17(23-2)10-6-14(20-12)16(22)8-7-15(21)13-5-9-18(24-3)19(11-13)25-4;1-23-15-8-4-11(10-17(15)25-3)13(21)6-7-14(22)12-5-9-16(24-2)18(19)20-12;1-10-4-2-3-5(8)9-6(4)7/h5-6,9-11H,7-8H2,1-4H3;4-5,8-10H,6-7H2,1-3H3;2-3H,1H3. The van der Waals surface area contributed by atoms with Crippen LogP contribution in [0.2, 0.25) is 0 Å². The lowest BCUT2D eigenvalue weighted by molar-refractivity contribution is 0.0914. The van der Waals surface area contributed by atoms with E-state index < -0.39 is 0 Å². The Morgan fingerprint density at radius 1 is 0.450 bits per heavy atom. The van der Waals surface area contributed by atoms with Gasteiger partial charge in [-0.05, 0) is 134 Å². The largest absolute Gasteiger partial charge is 0.495 e. The molecule has 60 heavy (non-hydrogen) atoms. The number of ketones is 4. The van der Waals surface area contributed by atoms with Crippen molar-refractivity contribution < 1.29 is 52.3 Å². The van der Waals surface area contributed by atoms with Gasteiger partial charge in [-0.1, -0.05) is 0 Å². The summed E-state index contributed by atoms with van der Waals surface area (Å²) in [4.78, 5) is 61.6. The molecule has 0 saturated heterocycles. The highest BCUT2D eigenvalue weighted by molar-refractivity contribution is 14.1. The van der Waals surface area contributed by atoms with Gasteiger partial charge in [0.1, 0.15) is 30.0 Å². The normalized spacial score (nSPS) is 10.1. The Kier molecular flexibility index (Phi) is 20.4. The molecule has 0 saturated carbocycles. The third-order valence-electron chi connectivity index (χ3n) is 8.43. The molecule has 0 aliphatic heterocycles. The number of halogens is 3. The molecule has 0 aliphatic rings. The van der Waals surface area contributed by atoms with Crippen molar-refractivity contribution in [2.45, 2.75) is 32.6 Å². The lowest BCUT2D eigenvalue weighted by Gasteiger charge is -2.09. The van der Waals surface area contributed by atoms with Gasteiger partial charge in [0.15, 0.2) is 57.6 Å². The van der Waals surface area contributed by atoms with Crippen LogP contribution in [-0.2, 0) is 0 Å². The molecule has 0 aliphatic carbocycles. The van der Waals surface area contributed by atoms with Gasteiger partial charge < -0.3 is 33.2 Å². The van der Waals surface area contributed by atoms with Gasteiger partial charge in [-0.3, -0.25) is 19.2 Å². The molecule has 2 aromatic carbocycles. The summed E-state index contributed by atoms with van der Waals surface area (Å²) < 4.78 is 38.0. The zero-order valence-electron chi connectivity index (χ0n) is 34.2. The topological polar surface area (TPSA) is 172 Å². The van der Waals surface area contributed by atoms with Gasteiger partial charge in [-0.15, -0.1) is 0 Å². The summed E-state index contributed by atoms with van der Waals surface area (Å²) in [5.74, 6) is 3.29. The molecule has 3 heterocycles. The van der Waals surface area contributed by atoms with Crippen molar-refractivity contribution in [3.63, 3.8) is 0 Å². The minimum absolute atomic E-state index is 0.0684. The lowest BCUT2D eigenvalue weighted by atomic mass is 10.0. The molecule has 0 amide bonds. The van der Waals surface area contributed by atoms with Crippen LogP contribution in [0.4, 0.5) is 0 Å². The van der Waals surface area contributed by atoms with E-state index in [4.69, 9.17) is 33.2 Å². The maximum atomic E-state index is 12.3. The predicted octanol–water partition coefficient (Wildman–Crippen LogP) is 9.43. The summed E-state index contributed by atoms with van der Waals surface area (Å²) >= 11 is 8.65. The minimum Gasteiger partial charge on any atom is -0.495 e. The molecule has 17 heteroatoms. The van der Waals surface area contributed by atoms with E-state index >= 15 is 0 Å². The second kappa shape index (κ2) is 24.8. The van der Waals surface area contributed by atoms with E-state index in [0.717, 1.165) is 14.1 Å². The number of benzene rings is 2. The summed E-state index contributed by atoms with van der Waals surface area (Å²) in [6.07, 6.45) is 0.339. The molecule has 0 spiro atoms. The first-order chi connectivity index (χ1) is 28.7. The minimum atomic E-state index is -0.211. The highest BCUT2D eigenvalue weighted by Crippen LogP contribution is 2.30. The van der Waals surface area contributed by atoms with Crippen molar-refractivity contribution in [1.82, 2.24) is 15.0 Å². The van der Waals surface area contributed by atoms with Crippen molar-refractivity contribution in [2.75, 3.05) is 49.8 Å². The summed E-state index contributed by atoms with van der Waals surface area (Å²) in [7, 11) is 10.8. The van der Waals surface area contributed by atoms with Crippen LogP contribution < -0.4 is 33.2 Å². The van der Waals surface area contributed by atoms with Crippen LogP contribution in [0.1, 0.15) is 73.1 Å². The maximum Gasteiger partial charge on any atom is 0.181 e. The van der Waals surface area contributed by atoms with Gasteiger partial charge in [0.2, 0.25) is 0 Å². The number of Topliss-reactive ketones (excluding diaryl/α,β-unsaturated/α-hetero) is 4. The highest BCUT2D eigenvalue weighted by Gasteiger charge is 2.17. The quantitative estimate of drug-likeness (QED) is 0.0490. The smallest absolute Gasteiger partial charge is 0.181 e. The van der Waals surface area contributed by atoms with Crippen LogP contribution in [0.15, 0.2) is 82.0 Å². The van der Waals surface area contributed by atoms with Crippen molar-refractivity contribution in [3.05, 3.63) is 114 Å². The number of rotatable bonds is 17. The second-order valence-corrected chi connectivity index (χ2v) is 14.7. The van der Waals surface area contributed by atoms with Crippen molar-refractivity contribution >= 4 is 77.6 Å². The first-order valence-electron chi connectivity index (χ1n) is 17.9. The van der Waals surface area contributed by atoms with Gasteiger partial charge in [0, 0.05) is 36.8 Å². The van der Waals surface area contributed by atoms with E-state index in [9.17, 15) is 19.2 Å². The Morgan fingerprint density at radius 3 is 1.18 bits per heavy atom. The second-order valence-electron chi connectivity index (χ2n) is 12.1. The molecule has 5 aromatic rings. The summed E-state index contributed by atoms with van der Waals surface area (Å²) in [5.41, 5.74) is 2.20. The number of carbonyl (C=O) groups excluding carboxylic acids is 4. The molecule has 0 radical (unpaired) electrons. The Hall–Kier alpha value is -5.14. The molecule has 3 aromatic heterocycles. The molecule has 318 valence electrons. The summed E-state index contributed by atoms with van der Waals surface area (Å²) in [5, 5.41) is 0. The van der Waals surface area contributed by atoms with Gasteiger partial charge in [0.25, 0.3) is 0 Å². The third-order valence-corrected chi connectivity index (χ3v) is 10.2. The molecule has 14 nitrogen and oxygen atoms in total. The average Bonchev–Trinajstić information content (AvgIpc) is 3.26. The van der Waals surface area contributed by atoms with Crippen LogP contribution in [0.5, 0.6) is 40.2 Å². The number of nitrogens with zero attached hydrogens (tertiary/aromatic N) is 3. The van der Waals surface area contributed by atoms with E-state index in [-0.39, 0.29) is 54.5 Å². The molecular weight excluding hydrogens is 1020 g/mol. The van der Waals surface area contributed by atoms with Crippen molar-refractivity contribution in [1.29, 1.82) is 0 Å². The molecule has 0 atom stereocenters. The number of ether oxygens (including phenoxy) is 7. The van der Waals surface area contributed by atoms with Crippen LogP contribution in [-0.4, -0.2) is 87.9 Å². The van der Waals surface area contributed by atoms with Crippen molar-refractivity contribution in [3.8, 4) is 40.2 Å². The third kappa shape index (κ3) is 14.3. The number of aryl methyl sites for hydroxylation is 1. The van der Waals surface area contributed by atoms with E-state index in [1.54, 1.807) is 81.8 Å². The number of methoxy groups -OCH3 is 7. The van der Waals surface area contributed by atoms with Gasteiger partial charge in [-0.2, -0.15) is 0 Å². The zero-order valence-corrected chi connectivity index (χ0v) is 39.6. The summed E-state index contributed by atoms with van der Waals surface area (Å²) in [6, 6.07) is 20.2. The van der Waals surface area contributed by atoms with Crippen LogP contribution >= 0.6 is 54.5 Å². The van der Waals surface area contributed by atoms with Crippen LogP contribution in [0, 0.1) is 10.6 Å². The number of carbonyl (C=O) groups is 4. The highest BCUT2D eigenvalue weighted by atomic mass is 127. The fourth-order valence-electron chi connectivity index (χ4n) is 5.22. The molecule has 0 unspecified atom stereocenters. The lowest BCUT2D eigenvalue weighted by Crippen LogP contribution is -2.08. The Balaban J connectivity index is 0.000000261. The van der Waals surface area contributed by atoms with Crippen molar-refractivity contribution in [2.24, 2.45) is 0 Å². The Labute approximate surface area is 379 Å². The first-order valence-corrected chi connectivity index (χ1v) is 20.5. The predicted molar refractivity (Wildman–Crippen MR) is 240 cm³/mol. The number of hydrogen-bond donors (Lipinski definition) is 0.